The highest BCUT2D eigenvalue weighted by molar-refractivity contribution is 5.91. The molecule has 1 aliphatic heterocycles. The molecule has 4 rings (SSSR count). The van der Waals surface area contributed by atoms with Crippen LogP contribution in [-0.2, 0) is 30.3 Å². The maximum atomic E-state index is 13.2. The third-order valence-electron chi connectivity index (χ3n) is 8.37. The van der Waals surface area contributed by atoms with E-state index in [4.69, 9.17) is 4.74 Å². The van der Waals surface area contributed by atoms with Gasteiger partial charge in [0.15, 0.2) is 0 Å². The van der Waals surface area contributed by atoms with Gasteiger partial charge in [0.1, 0.15) is 17.3 Å². The highest BCUT2D eigenvalue weighted by atomic mass is 16.5. The minimum Gasteiger partial charge on any atom is -0.508 e. The molecule has 3 aromatic rings. The van der Waals surface area contributed by atoms with E-state index < -0.39 is 41.3 Å². The van der Waals surface area contributed by atoms with E-state index in [0.717, 1.165) is 11.3 Å². The number of anilines is 1. The van der Waals surface area contributed by atoms with Crippen LogP contribution in [0.25, 0.3) is 0 Å². The van der Waals surface area contributed by atoms with E-state index in [1.54, 1.807) is 26.0 Å². The number of piperidine rings is 1. The number of nitrogens with zero attached hydrogens (tertiary/aromatic N) is 1. The summed E-state index contributed by atoms with van der Waals surface area (Å²) in [7, 11) is 1.32. The van der Waals surface area contributed by atoms with Crippen LogP contribution >= 0.6 is 0 Å². The Morgan fingerprint density at radius 2 is 1.48 bits per heavy atom. The average Bonchev–Trinajstić information content (AvgIpc) is 3.04. The van der Waals surface area contributed by atoms with Crippen molar-refractivity contribution >= 4 is 29.4 Å². The lowest BCUT2D eigenvalue weighted by atomic mass is 9.85. The minimum atomic E-state index is -1.15. The number of carboxylic acids is 1. The number of aromatic hydroxyl groups is 1. The molecule has 1 fully saturated rings. The molecule has 232 valence electrons. The molecule has 0 saturated carbocycles. The summed E-state index contributed by atoms with van der Waals surface area (Å²) in [5.74, 6) is -3.31. The standard InChI is InChI=1S/C34H39N3O7/c1-22(25-8-5-4-6-9-25)31(40)36-34(33(43)44-3)16-18-37(19-17-34)27-11-7-10-26(21-27)23(2)30(39)35-29(32(41)42)20-24-12-14-28(38)15-13-24/h4-15,21-23,29,38H,16-20H2,1-3H3,(H,35,39)(H,36,40)(H,41,42). The summed E-state index contributed by atoms with van der Waals surface area (Å²) in [4.78, 5) is 53.3. The van der Waals surface area contributed by atoms with Gasteiger partial charge in [-0.15, -0.1) is 0 Å². The van der Waals surface area contributed by atoms with Crippen LogP contribution in [0, 0.1) is 0 Å². The number of carboxylic acid groups (broad SMARTS) is 1. The third-order valence-corrected chi connectivity index (χ3v) is 8.37. The Morgan fingerprint density at radius 1 is 0.864 bits per heavy atom. The molecule has 1 aliphatic rings. The second-order valence-electron chi connectivity index (χ2n) is 11.3. The Labute approximate surface area is 257 Å². The van der Waals surface area contributed by atoms with E-state index in [0.29, 0.717) is 37.1 Å². The number of esters is 1. The van der Waals surface area contributed by atoms with E-state index >= 15 is 0 Å². The van der Waals surface area contributed by atoms with Crippen molar-refractivity contribution in [3.05, 3.63) is 95.6 Å². The number of carbonyl (C=O) groups is 4. The zero-order valence-electron chi connectivity index (χ0n) is 25.2. The predicted molar refractivity (Wildman–Crippen MR) is 165 cm³/mol. The Balaban J connectivity index is 1.42. The quantitative estimate of drug-likeness (QED) is 0.243. The molecule has 2 amide bonds. The highest BCUT2D eigenvalue weighted by Gasteiger charge is 2.44. The number of hydrogen-bond acceptors (Lipinski definition) is 7. The molecule has 0 aromatic heterocycles. The number of rotatable bonds is 11. The zero-order valence-corrected chi connectivity index (χ0v) is 25.2. The maximum Gasteiger partial charge on any atom is 0.331 e. The molecule has 0 spiro atoms. The van der Waals surface area contributed by atoms with E-state index in [1.165, 1.54) is 19.2 Å². The lowest BCUT2D eigenvalue weighted by molar-refractivity contribution is -0.152. The third kappa shape index (κ3) is 7.55. The second-order valence-corrected chi connectivity index (χ2v) is 11.3. The fourth-order valence-corrected chi connectivity index (χ4v) is 5.47. The van der Waals surface area contributed by atoms with Crippen molar-refractivity contribution in [2.75, 3.05) is 25.1 Å². The van der Waals surface area contributed by atoms with Crippen molar-refractivity contribution in [2.45, 2.75) is 56.5 Å². The molecule has 1 heterocycles. The number of methoxy groups -OCH3 is 1. The Hall–Kier alpha value is -4.86. The molecule has 1 saturated heterocycles. The van der Waals surface area contributed by atoms with Crippen LogP contribution in [0.1, 0.15) is 55.2 Å². The van der Waals surface area contributed by atoms with Gasteiger partial charge >= 0.3 is 11.9 Å². The van der Waals surface area contributed by atoms with Gasteiger partial charge in [-0.1, -0.05) is 54.6 Å². The number of amides is 2. The molecule has 0 radical (unpaired) electrons. The van der Waals surface area contributed by atoms with Crippen LogP contribution in [0.5, 0.6) is 5.75 Å². The predicted octanol–water partition coefficient (Wildman–Crippen LogP) is 3.74. The van der Waals surface area contributed by atoms with Crippen LogP contribution in [0.15, 0.2) is 78.9 Å². The van der Waals surface area contributed by atoms with Crippen molar-refractivity contribution in [2.24, 2.45) is 0 Å². The molecular formula is C34H39N3O7. The van der Waals surface area contributed by atoms with Crippen LogP contribution in [0.2, 0.25) is 0 Å². The van der Waals surface area contributed by atoms with Crippen LogP contribution in [0.3, 0.4) is 0 Å². The average molecular weight is 602 g/mol. The Kier molecular flexibility index (Phi) is 10.3. The first kappa shape index (κ1) is 32.1. The lowest BCUT2D eigenvalue weighted by Crippen LogP contribution is -2.61. The lowest BCUT2D eigenvalue weighted by Gasteiger charge is -2.41. The normalized spacial score (nSPS) is 16.2. The summed E-state index contributed by atoms with van der Waals surface area (Å²) >= 11 is 0. The maximum absolute atomic E-state index is 13.2. The monoisotopic (exact) mass is 601 g/mol. The van der Waals surface area contributed by atoms with Gasteiger partial charge < -0.3 is 30.5 Å². The number of benzene rings is 3. The number of carbonyl (C=O) groups excluding carboxylic acids is 3. The van der Waals surface area contributed by atoms with Gasteiger partial charge in [0.05, 0.1) is 18.9 Å². The summed E-state index contributed by atoms with van der Waals surface area (Å²) < 4.78 is 5.12. The highest BCUT2D eigenvalue weighted by Crippen LogP contribution is 2.30. The molecular weight excluding hydrogens is 562 g/mol. The molecule has 0 aliphatic carbocycles. The van der Waals surface area contributed by atoms with Gasteiger partial charge in [-0.3, -0.25) is 9.59 Å². The second kappa shape index (κ2) is 14.1. The molecule has 44 heavy (non-hydrogen) atoms. The van der Waals surface area contributed by atoms with Crippen LogP contribution in [-0.4, -0.2) is 65.7 Å². The van der Waals surface area contributed by atoms with E-state index in [2.05, 4.69) is 15.5 Å². The zero-order chi connectivity index (χ0) is 31.9. The largest absolute Gasteiger partial charge is 0.508 e. The van der Waals surface area contributed by atoms with Crippen molar-refractivity contribution in [3.8, 4) is 5.75 Å². The van der Waals surface area contributed by atoms with Gasteiger partial charge in [0, 0.05) is 25.2 Å². The summed E-state index contributed by atoms with van der Waals surface area (Å²) in [6, 6.07) is 21.9. The molecule has 3 aromatic carbocycles. The first-order valence-corrected chi connectivity index (χ1v) is 14.6. The van der Waals surface area contributed by atoms with Crippen molar-refractivity contribution in [3.63, 3.8) is 0 Å². The molecule has 10 heteroatoms. The van der Waals surface area contributed by atoms with Crippen molar-refractivity contribution in [1.82, 2.24) is 10.6 Å². The van der Waals surface area contributed by atoms with E-state index in [-0.39, 0.29) is 18.1 Å². The van der Waals surface area contributed by atoms with Crippen molar-refractivity contribution in [1.29, 1.82) is 0 Å². The minimum absolute atomic E-state index is 0.0739. The molecule has 4 N–H and O–H groups in total. The molecule has 10 nitrogen and oxygen atoms in total. The first-order chi connectivity index (χ1) is 21.0. The number of phenolic OH excluding ortho intramolecular Hbond substituents is 1. The Morgan fingerprint density at radius 3 is 2.09 bits per heavy atom. The van der Waals surface area contributed by atoms with Gasteiger partial charge in [0.2, 0.25) is 11.8 Å². The number of nitrogens with one attached hydrogen (secondary N) is 2. The van der Waals surface area contributed by atoms with Crippen molar-refractivity contribution < 1.29 is 34.1 Å². The van der Waals surface area contributed by atoms with Crippen LogP contribution < -0.4 is 15.5 Å². The Bertz CT molecular complexity index is 1470. The molecule has 0 bridgehead atoms. The topological polar surface area (TPSA) is 145 Å². The summed E-state index contributed by atoms with van der Waals surface area (Å²) in [6.45, 7) is 4.45. The van der Waals surface area contributed by atoms with E-state index in [9.17, 15) is 29.4 Å². The number of aliphatic carboxylic acids is 1. The fraction of sp³-hybridized carbons (Fsp3) is 0.353. The van der Waals surface area contributed by atoms with Gasteiger partial charge in [-0.25, -0.2) is 9.59 Å². The van der Waals surface area contributed by atoms with E-state index in [1.807, 2.05) is 54.6 Å². The van der Waals surface area contributed by atoms with Gasteiger partial charge in [0.25, 0.3) is 0 Å². The summed E-state index contributed by atoms with van der Waals surface area (Å²) in [5.41, 5.74) is 1.93. The van der Waals surface area contributed by atoms with Crippen LogP contribution in [0.4, 0.5) is 5.69 Å². The van der Waals surface area contributed by atoms with Gasteiger partial charge in [-0.05, 0) is 67.6 Å². The SMILES string of the molecule is COC(=O)C1(NC(=O)C(C)c2ccccc2)CCN(c2cccc(C(C)C(=O)NC(Cc3ccc(O)cc3)C(=O)O)c2)CC1. The number of ether oxygens (including phenoxy) is 1. The summed E-state index contributed by atoms with van der Waals surface area (Å²) in [6.07, 6.45) is 0.750. The smallest absolute Gasteiger partial charge is 0.331 e. The summed E-state index contributed by atoms with van der Waals surface area (Å²) in [5, 5.41) is 24.8. The van der Waals surface area contributed by atoms with Gasteiger partial charge in [-0.2, -0.15) is 0 Å². The molecule has 3 unspecified atom stereocenters. The number of phenols is 1. The first-order valence-electron chi connectivity index (χ1n) is 14.6. The fourth-order valence-electron chi connectivity index (χ4n) is 5.47. The molecule has 3 atom stereocenters. The number of hydrogen-bond donors (Lipinski definition) is 4.